The van der Waals surface area contributed by atoms with Gasteiger partial charge in [0.15, 0.2) is 0 Å². The lowest BCUT2D eigenvalue weighted by Crippen LogP contribution is -2.52. The predicted molar refractivity (Wildman–Crippen MR) is 94.9 cm³/mol. The van der Waals surface area contributed by atoms with Gasteiger partial charge in [0.25, 0.3) is 5.91 Å². The van der Waals surface area contributed by atoms with E-state index in [2.05, 4.69) is 31.7 Å². The fourth-order valence-electron chi connectivity index (χ4n) is 1.79. The molecule has 0 aromatic heterocycles. The van der Waals surface area contributed by atoms with Gasteiger partial charge in [-0.05, 0) is 31.2 Å². The number of hydrogen-bond acceptors (Lipinski definition) is 5. The van der Waals surface area contributed by atoms with Crippen molar-refractivity contribution in [3.05, 3.63) is 28.7 Å². The summed E-state index contributed by atoms with van der Waals surface area (Å²) < 4.78 is 1.86. The van der Waals surface area contributed by atoms with Gasteiger partial charge in [-0.25, -0.2) is 0 Å². The van der Waals surface area contributed by atoms with Crippen molar-refractivity contribution in [2.75, 3.05) is 25.0 Å². The van der Waals surface area contributed by atoms with Crippen LogP contribution in [-0.4, -0.2) is 45.7 Å². The Kier molecular flexibility index (Phi) is 5.86. The second-order valence-corrected chi connectivity index (χ2v) is 7.26. The highest BCUT2D eigenvalue weighted by molar-refractivity contribution is 9.10. The lowest BCUT2D eigenvalue weighted by Gasteiger charge is -2.37. The van der Waals surface area contributed by atoms with Crippen LogP contribution in [0.15, 0.2) is 28.7 Å². The highest BCUT2D eigenvalue weighted by atomic mass is 79.9. The Morgan fingerprint density at radius 1 is 1.43 bits per heavy atom. The summed E-state index contributed by atoms with van der Waals surface area (Å²) in [5.74, 6) is 0.662. The summed E-state index contributed by atoms with van der Waals surface area (Å²) in [5.41, 5.74) is 6.49. The van der Waals surface area contributed by atoms with E-state index in [1.807, 2.05) is 43.1 Å². The van der Waals surface area contributed by atoms with Crippen molar-refractivity contribution in [1.82, 2.24) is 15.2 Å². The number of hydrogen-bond donors (Lipinski definition) is 2. The lowest BCUT2D eigenvalue weighted by molar-refractivity contribution is -0.125. The van der Waals surface area contributed by atoms with Crippen LogP contribution in [0.2, 0.25) is 0 Å². The van der Waals surface area contributed by atoms with Gasteiger partial charge in [0.1, 0.15) is 4.32 Å². The number of anilines is 1. The molecule has 1 aliphatic heterocycles. The first-order valence-corrected chi connectivity index (χ1v) is 8.59. The Bertz CT molecular complexity index is 525. The number of nitrogens with zero attached hydrogens (tertiary/aromatic N) is 2. The van der Waals surface area contributed by atoms with Crippen molar-refractivity contribution in [2.24, 2.45) is 0 Å². The van der Waals surface area contributed by atoms with Gasteiger partial charge in [-0.1, -0.05) is 39.9 Å². The summed E-state index contributed by atoms with van der Waals surface area (Å²) in [7, 11) is 1.94. The van der Waals surface area contributed by atoms with Gasteiger partial charge in [-0.2, -0.15) is 0 Å². The van der Waals surface area contributed by atoms with Crippen LogP contribution in [0.25, 0.3) is 0 Å². The van der Waals surface area contributed by atoms with Crippen LogP contribution in [0.1, 0.15) is 6.92 Å². The van der Waals surface area contributed by atoms with E-state index in [9.17, 15) is 4.79 Å². The summed E-state index contributed by atoms with van der Waals surface area (Å²) >= 11 is 10.2. The zero-order chi connectivity index (χ0) is 15.4. The molecule has 0 bridgehead atoms. The normalized spacial score (nSPS) is 17.5. The summed E-state index contributed by atoms with van der Waals surface area (Å²) in [5, 5.41) is 0. The molecule has 1 atom stereocenters. The summed E-state index contributed by atoms with van der Waals surface area (Å²) in [6.45, 7) is 2.56. The van der Waals surface area contributed by atoms with E-state index in [4.69, 9.17) is 12.2 Å². The van der Waals surface area contributed by atoms with Gasteiger partial charge < -0.3 is 4.90 Å². The molecule has 8 heteroatoms. The Morgan fingerprint density at radius 2 is 2.10 bits per heavy atom. The highest BCUT2D eigenvalue weighted by Gasteiger charge is 2.26. The Morgan fingerprint density at radius 3 is 2.71 bits per heavy atom. The molecule has 0 radical (unpaired) electrons. The first-order chi connectivity index (χ1) is 9.97. The maximum absolute atomic E-state index is 12.2. The van der Waals surface area contributed by atoms with E-state index in [1.54, 1.807) is 11.8 Å². The molecular weight excluding hydrogens is 372 g/mol. The minimum Gasteiger partial charge on any atom is -0.347 e. The molecule has 2 rings (SSSR count). The second-order valence-electron chi connectivity index (χ2n) is 4.76. The summed E-state index contributed by atoms with van der Waals surface area (Å²) in [6, 6.07) is 7.37. The van der Waals surface area contributed by atoms with Crippen molar-refractivity contribution in [2.45, 2.75) is 13.0 Å². The van der Waals surface area contributed by atoms with Gasteiger partial charge >= 0.3 is 0 Å². The van der Waals surface area contributed by atoms with Gasteiger partial charge in [-0.15, -0.1) is 0 Å². The van der Waals surface area contributed by atoms with Crippen LogP contribution < -0.4 is 10.9 Å². The first kappa shape index (κ1) is 16.5. The van der Waals surface area contributed by atoms with Gasteiger partial charge in [0.2, 0.25) is 0 Å². The number of carbonyl (C=O) groups excluding carboxylic acids is 1. The third kappa shape index (κ3) is 4.57. The zero-order valence-electron chi connectivity index (χ0n) is 11.8. The molecule has 1 saturated heterocycles. The van der Waals surface area contributed by atoms with E-state index in [1.165, 1.54) is 0 Å². The van der Waals surface area contributed by atoms with E-state index in [0.717, 1.165) is 20.4 Å². The van der Waals surface area contributed by atoms with Crippen molar-refractivity contribution < 1.29 is 4.79 Å². The van der Waals surface area contributed by atoms with Crippen molar-refractivity contribution in [1.29, 1.82) is 0 Å². The average molecular weight is 389 g/mol. The molecule has 1 amide bonds. The van der Waals surface area contributed by atoms with E-state index in [-0.39, 0.29) is 11.9 Å². The SMILES string of the molecule is C[C@@H](C(=O)NNc1ccc(Br)cc1)N1CSC(=S)N(C)C1. The molecule has 1 aromatic rings. The number of amides is 1. The molecule has 0 aliphatic carbocycles. The van der Waals surface area contributed by atoms with Crippen LogP contribution >= 0.6 is 39.9 Å². The number of nitrogens with one attached hydrogen (secondary N) is 2. The molecular formula is C13H17BrN4OS2. The maximum atomic E-state index is 12.2. The molecule has 2 N–H and O–H groups in total. The minimum absolute atomic E-state index is 0.0697. The molecule has 1 heterocycles. The standard InChI is InChI=1S/C13H17BrN4OS2/c1-9(18-7-17(2)13(20)21-8-18)12(19)16-15-11-5-3-10(14)4-6-11/h3-6,9,15H,7-8H2,1-2H3,(H,16,19)/t9-/m0/s1. The summed E-state index contributed by atoms with van der Waals surface area (Å²) in [6.07, 6.45) is 0. The predicted octanol–water partition coefficient (Wildman–Crippen LogP) is 2.46. The van der Waals surface area contributed by atoms with Crippen LogP contribution in [-0.2, 0) is 4.79 Å². The Balaban J connectivity index is 1.85. The van der Waals surface area contributed by atoms with Gasteiger partial charge in [0.05, 0.1) is 24.3 Å². The first-order valence-electron chi connectivity index (χ1n) is 6.41. The Labute approximate surface area is 142 Å². The minimum atomic E-state index is -0.231. The Hall–Kier alpha value is -0.830. The van der Waals surface area contributed by atoms with E-state index >= 15 is 0 Å². The zero-order valence-corrected chi connectivity index (χ0v) is 15.0. The highest BCUT2D eigenvalue weighted by Crippen LogP contribution is 2.19. The number of rotatable bonds is 4. The van der Waals surface area contributed by atoms with Gasteiger partial charge in [-0.3, -0.25) is 20.5 Å². The fraction of sp³-hybridized carbons (Fsp3) is 0.385. The quantitative estimate of drug-likeness (QED) is 0.610. The van der Waals surface area contributed by atoms with Crippen molar-refractivity contribution >= 4 is 55.8 Å². The average Bonchev–Trinajstić information content (AvgIpc) is 2.48. The smallest absolute Gasteiger partial charge is 0.255 e. The van der Waals surface area contributed by atoms with E-state index in [0.29, 0.717) is 6.67 Å². The number of thiocarbonyl (C=S) groups is 1. The molecule has 21 heavy (non-hydrogen) atoms. The van der Waals surface area contributed by atoms with Crippen LogP contribution in [0.4, 0.5) is 5.69 Å². The van der Waals surface area contributed by atoms with E-state index < -0.39 is 0 Å². The molecule has 5 nitrogen and oxygen atoms in total. The fourth-order valence-corrected chi connectivity index (χ4v) is 3.13. The molecule has 1 aromatic carbocycles. The van der Waals surface area contributed by atoms with Gasteiger partial charge in [0, 0.05) is 11.5 Å². The number of thioether (sulfide) groups is 1. The molecule has 114 valence electrons. The molecule has 0 unspecified atom stereocenters. The largest absolute Gasteiger partial charge is 0.347 e. The van der Waals surface area contributed by atoms with Crippen LogP contribution in [0.3, 0.4) is 0 Å². The molecule has 0 saturated carbocycles. The molecule has 0 spiro atoms. The van der Waals surface area contributed by atoms with Crippen molar-refractivity contribution in [3.8, 4) is 0 Å². The molecule has 1 aliphatic rings. The topological polar surface area (TPSA) is 47.6 Å². The number of halogens is 1. The monoisotopic (exact) mass is 388 g/mol. The molecule has 1 fully saturated rings. The second kappa shape index (κ2) is 7.44. The third-order valence-corrected chi connectivity index (χ3v) is 5.37. The van der Waals surface area contributed by atoms with Crippen LogP contribution in [0.5, 0.6) is 0 Å². The number of carbonyl (C=O) groups is 1. The maximum Gasteiger partial charge on any atom is 0.255 e. The number of benzene rings is 1. The van der Waals surface area contributed by atoms with Crippen molar-refractivity contribution in [3.63, 3.8) is 0 Å². The third-order valence-electron chi connectivity index (χ3n) is 3.16. The van der Waals surface area contributed by atoms with Crippen LogP contribution in [0, 0.1) is 0 Å². The summed E-state index contributed by atoms with van der Waals surface area (Å²) in [4.78, 5) is 16.2. The number of hydrazine groups is 1. The lowest BCUT2D eigenvalue weighted by atomic mass is 10.3.